The van der Waals surface area contributed by atoms with Crippen molar-refractivity contribution in [3.05, 3.63) is 224 Å². The molecule has 0 aliphatic carbocycles. The van der Waals surface area contributed by atoms with E-state index in [1.807, 2.05) is 0 Å². The van der Waals surface area contributed by atoms with Gasteiger partial charge in [-0.3, -0.25) is 9.13 Å². The summed E-state index contributed by atoms with van der Waals surface area (Å²) in [4.78, 5) is 5.82. The lowest BCUT2D eigenvalue weighted by Crippen LogP contribution is -2.08. The number of nitrogens with zero attached hydrogens (tertiary/aromatic N) is 6. The number of rotatable bonds is 5. The van der Waals surface area contributed by atoms with E-state index >= 15 is 0 Å². The maximum atomic E-state index is 11.4. The zero-order valence-corrected chi connectivity index (χ0v) is 35.5. The third kappa shape index (κ3) is 5.02. The van der Waals surface area contributed by atoms with Gasteiger partial charge in [-0.15, -0.1) is 0 Å². The van der Waals surface area contributed by atoms with E-state index in [1.54, 1.807) is 0 Å². The first-order valence-electron chi connectivity index (χ1n) is 22.3. The summed E-state index contributed by atoms with van der Waals surface area (Å²) in [6, 6.07) is 80.0. The van der Waals surface area contributed by atoms with E-state index in [9.17, 15) is 5.26 Å². The molecule has 0 fully saturated rings. The number of fused-ring (bicyclic) bond motifs is 12. The molecule has 0 unspecified atom stereocenters. The molecule has 0 aliphatic rings. The molecule has 0 spiro atoms. The van der Waals surface area contributed by atoms with Gasteiger partial charge in [0.1, 0.15) is 17.7 Å². The van der Waals surface area contributed by atoms with Crippen molar-refractivity contribution >= 4 is 87.2 Å². The van der Waals surface area contributed by atoms with Gasteiger partial charge in [0.15, 0.2) is 0 Å². The van der Waals surface area contributed by atoms with E-state index < -0.39 is 0 Å². The Balaban J connectivity index is 1.16. The first-order chi connectivity index (χ1) is 32.7. The van der Waals surface area contributed by atoms with Crippen molar-refractivity contribution in [3.8, 4) is 40.2 Å². The molecule has 14 aromatic rings. The maximum Gasteiger partial charge on any atom is 0.148 e. The Morgan fingerprint density at radius 3 is 0.985 bits per heavy atom. The van der Waals surface area contributed by atoms with Crippen LogP contribution in [-0.4, -0.2) is 23.3 Å². The fourth-order valence-electron chi connectivity index (χ4n) is 10.9. The van der Waals surface area contributed by atoms with Gasteiger partial charge in [-0.25, -0.2) is 4.98 Å². The number of para-hydroxylation sites is 8. The predicted octanol–water partition coefficient (Wildman–Crippen LogP) is 15.0. The van der Waals surface area contributed by atoms with Crippen LogP contribution in [0.5, 0.6) is 0 Å². The van der Waals surface area contributed by atoms with Gasteiger partial charge in [0, 0.05) is 54.2 Å². The second kappa shape index (κ2) is 13.9. The molecular weight excluding hydrogens is 805 g/mol. The van der Waals surface area contributed by atoms with Crippen LogP contribution in [-0.2, 0) is 0 Å². The fraction of sp³-hybridized carbons (Fsp3) is 0. The average molecular weight is 841 g/mol. The zero-order chi connectivity index (χ0) is 43.5. The lowest BCUT2D eigenvalue weighted by molar-refractivity contribution is 1.01. The molecule has 0 amide bonds. The van der Waals surface area contributed by atoms with Crippen LogP contribution in [0.1, 0.15) is 5.56 Å². The van der Waals surface area contributed by atoms with Crippen molar-refractivity contribution in [2.45, 2.75) is 0 Å². The molecule has 6 heteroatoms. The second-order valence-electron chi connectivity index (χ2n) is 17.0. The number of hydrogen-bond acceptors (Lipinski definition) is 2. The molecule has 0 bridgehead atoms. The summed E-state index contributed by atoms with van der Waals surface area (Å²) >= 11 is 0. The Labute approximate surface area is 378 Å². The quantitative estimate of drug-likeness (QED) is 0.173. The fourth-order valence-corrected chi connectivity index (χ4v) is 10.9. The molecule has 306 valence electrons. The molecule has 0 saturated heterocycles. The molecule has 5 aromatic heterocycles. The first-order valence-corrected chi connectivity index (χ1v) is 22.3. The van der Waals surface area contributed by atoms with E-state index in [4.69, 9.17) is 4.98 Å². The molecule has 9 aromatic carbocycles. The van der Waals surface area contributed by atoms with Gasteiger partial charge in [-0.1, -0.05) is 146 Å². The van der Waals surface area contributed by atoms with E-state index in [1.165, 1.54) is 10.8 Å². The van der Waals surface area contributed by atoms with Crippen LogP contribution in [0.4, 0.5) is 0 Å². The molecule has 0 aliphatic heterocycles. The Hall–Kier alpha value is -9.18. The highest BCUT2D eigenvalue weighted by molar-refractivity contribution is 6.13. The summed E-state index contributed by atoms with van der Waals surface area (Å²) in [5.74, 6) is 1.57. The van der Waals surface area contributed by atoms with Crippen molar-refractivity contribution in [1.82, 2.24) is 23.3 Å². The summed E-state index contributed by atoms with van der Waals surface area (Å²) in [7, 11) is 0. The summed E-state index contributed by atoms with van der Waals surface area (Å²) in [5.41, 5.74) is 12.6. The van der Waals surface area contributed by atoms with Crippen molar-refractivity contribution in [2.24, 2.45) is 0 Å². The van der Waals surface area contributed by atoms with Crippen LogP contribution in [0.3, 0.4) is 0 Å². The number of hydrogen-bond donors (Lipinski definition) is 0. The number of benzene rings is 9. The largest absolute Gasteiger partial charge is 0.309 e. The van der Waals surface area contributed by atoms with Crippen molar-refractivity contribution < 1.29 is 0 Å². The molecule has 66 heavy (non-hydrogen) atoms. The van der Waals surface area contributed by atoms with Gasteiger partial charge in [-0.2, -0.15) is 5.26 Å². The number of pyridine rings is 1. The van der Waals surface area contributed by atoms with Gasteiger partial charge < -0.3 is 9.13 Å². The molecule has 6 nitrogen and oxygen atoms in total. The van der Waals surface area contributed by atoms with Crippen LogP contribution in [0.2, 0.25) is 0 Å². The van der Waals surface area contributed by atoms with E-state index in [2.05, 4.69) is 243 Å². The molecule has 0 N–H and O–H groups in total. The minimum absolute atomic E-state index is 0.556. The van der Waals surface area contributed by atoms with Crippen LogP contribution >= 0.6 is 0 Å². The maximum absolute atomic E-state index is 11.4. The summed E-state index contributed by atoms with van der Waals surface area (Å²) < 4.78 is 9.25. The second-order valence-corrected chi connectivity index (χ2v) is 17.0. The average Bonchev–Trinajstić information content (AvgIpc) is 4.11. The highest BCUT2D eigenvalue weighted by atomic mass is 15.1. The smallest absolute Gasteiger partial charge is 0.148 e. The SMILES string of the molecule is N#Cc1cc(-c2ccc(-n3c4ccccc4c4ccccc43)nc2-n2c3ccccc3c3ccccc32)c(-n2c3ccccc3c3ccccc32)cc1-n1c2ccccc2c2ccccc21. The molecule has 14 rings (SSSR count). The molecule has 0 saturated carbocycles. The summed E-state index contributed by atoms with van der Waals surface area (Å²) in [6.07, 6.45) is 0. The minimum atomic E-state index is 0.556. The standard InChI is InChI=1S/C60H36N6/c61-37-38-35-48(58(64-51-27-11-3-19-41(51)42-20-4-12-28-52(42)64)36-57(38)63-49-25-9-1-17-39(49)40-18-2-10-26-50(40)63)47-33-34-59(65-53-29-13-5-21-43(53)44-22-6-14-30-54(44)65)62-60(47)66-55-31-15-7-23-45(55)46-24-8-16-32-56(46)66/h1-36H. The normalized spacial score (nSPS) is 11.9. The van der Waals surface area contributed by atoms with Crippen molar-refractivity contribution in [2.75, 3.05) is 0 Å². The van der Waals surface area contributed by atoms with Crippen LogP contribution in [0.15, 0.2) is 218 Å². The predicted molar refractivity (Wildman–Crippen MR) is 272 cm³/mol. The first kappa shape index (κ1) is 36.3. The minimum Gasteiger partial charge on any atom is -0.309 e. The van der Waals surface area contributed by atoms with Gasteiger partial charge in [0.05, 0.1) is 61.1 Å². The van der Waals surface area contributed by atoms with E-state index in [0.717, 1.165) is 111 Å². The zero-order valence-electron chi connectivity index (χ0n) is 35.5. The Bertz CT molecular complexity index is 4160. The van der Waals surface area contributed by atoms with Crippen molar-refractivity contribution in [1.29, 1.82) is 5.26 Å². The van der Waals surface area contributed by atoms with Crippen LogP contribution in [0, 0.1) is 11.3 Å². The topological polar surface area (TPSA) is 56.4 Å². The van der Waals surface area contributed by atoms with Gasteiger partial charge >= 0.3 is 0 Å². The Kier molecular flexibility index (Phi) is 7.65. The Morgan fingerprint density at radius 1 is 0.303 bits per heavy atom. The third-order valence-corrected chi connectivity index (χ3v) is 13.6. The lowest BCUT2D eigenvalue weighted by atomic mass is 9.98. The monoisotopic (exact) mass is 840 g/mol. The summed E-state index contributed by atoms with van der Waals surface area (Å²) in [6.45, 7) is 0. The van der Waals surface area contributed by atoms with E-state index in [0.29, 0.717) is 5.56 Å². The molecule has 5 heterocycles. The number of aromatic nitrogens is 5. The third-order valence-electron chi connectivity index (χ3n) is 13.6. The number of nitriles is 1. The molecule has 0 radical (unpaired) electrons. The molecular formula is C60H36N6. The van der Waals surface area contributed by atoms with Crippen LogP contribution < -0.4 is 0 Å². The lowest BCUT2D eigenvalue weighted by Gasteiger charge is -2.21. The van der Waals surface area contributed by atoms with Gasteiger partial charge in [-0.05, 0) is 72.8 Å². The molecule has 0 atom stereocenters. The van der Waals surface area contributed by atoms with Crippen molar-refractivity contribution in [3.63, 3.8) is 0 Å². The highest BCUT2D eigenvalue weighted by Gasteiger charge is 2.26. The Morgan fingerprint density at radius 2 is 0.621 bits per heavy atom. The van der Waals surface area contributed by atoms with Gasteiger partial charge in [0.25, 0.3) is 0 Å². The highest BCUT2D eigenvalue weighted by Crippen LogP contribution is 2.44. The van der Waals surface area contributed by atoms with E-state index in [-0.39, 0.29) is 0 Å². The summed E-state index contributed by atoms with van der Waals surface area (Å²) in [5, 5.41) is 20.6. The van der Waals surface area contributed by atoms with Crippen LogP contribution in [0.25, 0.3) is 121 Å². The van der Waals surface area contributed by atoms with Gasteiger partial charge in [0.2, 0.25) is 0 Å².